The predicted molar refractivity (Wildman–Crippen MR) is 104 cm³/mol. The number of nitrogens with one attached hydrogen (secondary N) is 1. The number of hydrogen-bond donors (Lipinski definition) is 2. The molecule has 0 atom stereocenters. The number of carbonyl (C=O) groups excluding carboxylic acids is 2. The Balaban J connectivity index is 2.05. The highest BCUT2D eigenvalue weighted by Gasteiger charge is 2.21. The van der Waals surface area contributed by atoms with Gasteiger partial charge < -0.3 is 15.2 Å². The molecule has 8 nitrogen and oxygen atoms in total. The summed E-state index contributed by atoms with van der Waals surface area (Å²) in [5.74, 6) is -1.51. The number of rotatable bonds is 6. The van der Waals surface area contributed by atoms with E-state index in [1.54, 1.807) is 13.0 Å². The van der Waals surface area contributed by atoms with Crippen molar-refractivity contribution in [2.45, 2.75) is 11.8 Å². The fourth-order valence-electron chi connectivity index (χ4n) is 2.12. The van der Waals surface area contributed by atoms with Crippen molar-refractivity contribution in [1.82, 2.24) is 4.31 Å². The van der Waals surface area contributed by atoms with Crippen molar-refractivity contribution < 1.29 is 27.9 Å². The van der Waals surface area contributed by atoms with E-state index in [1.807, 2.05) is 0 Å². The number of phenolic OH excluding ortho intramolecular Hbond substituents is 1. The van der Waals surface area contributed by atoms with E-state index in [2.05, 4.69) is 5.32 Å². The van der Waals surface area contributed by atoms with Gasteiger partial charge in [0, 0.05) is 19.8 Å². The van der Waals surface area contributed by atoms with Crippen LogP contribution in [0.25, 0.3) is 0 Å². The molecule has 2 rings (SSSR count). The van der Waals surface area contributed by atoms with Crippen LogP contribution in [0, 0.1) is 6.92 Å². The quantitative estimate of drug-likeness (QED) is 0.686. The molecule has 0 fully saturated rings. The van der Waals surface area contributed by atoms with Gasteiger partial charge in [-0.3, -0.25) is 4.79 Å². The third-order valence-corrected chi connectivity index (χ3v) is 6.05. The number of esters is 1. The van der Waals surface area contributed by atoms with E-state index in [-0.39, 0.29) is 26.9 Å². The summed E-state index contributed by atoms with van der Waals surface area (Å²) >= 11 is 5.95. The van der Waals surface area contributed by atoms with E-state index < -0.39 is 28.5 Å². The predicted octanol–water partition coefficient (Wildman–Crippen LogP) is 2.40. The Hall–Kier alpha value is -2.62. The molecule has 0 bridgehead atoms. The number of hydrogen-bond acceptors (Lipinski definition) is 6. The fourth-order valence-corrected chi connectivity index (χ4v) is 3.52. The zero-order valence-electron chi connectivity index (χ0n) is 15.4. The zero-order chi connectivity index (χ0) is 21.1. The normalized spacial score (nSPS) is 11.3. The average Bonchev–Trinajstić information content (AvgIpc) is 2.63. The van der Waals surface area contributed by atoms with Crippen LogP contribution in [0.15, 0.2) is 41.3 Å². The van der Waals surface area contributed by atoms with Crippen LogP contribution in [-0.2, 0) is 19.6 Å². The monoisotopic (exact) mass is 426 g/mol. The maximum atomic E-state index is 12.3. The lowest BCUT2D eigenvalue weighted by atomic mass is 10.1. The molecular formula is C18H19ClN2O6S. The molecule has 0 aromatic heterocycles. The van der Waals surface area contributed by atoms with Crippen LogP contribution in [-0.4, -0.2) is 50.4 Å². The maximum Gasteiger partial charge on any atom is 0.338 e. The zero-order valence-corrected chi connectivity index (χ0v) is 17.0. The molecule has 2 aromatic carbocycles. The smallest absolute Gasteiger partial charge is 0.338 e. The highest BCUT2D eigenvalue weighted by Crippen LogP contribution is 2.26. The average molecular weight is 427 g/mol. The SMILES string of the molecule is Cc1ccc(C(=O)OCC(=O)Nc2ccc(Cl)c(S(=O)(=O)N(C)C)c2)cc1O. The summed E-state index contributed by atoms with van der Waals surface area (Å²) in [5, 5.41) is 12.1. The van der Waals surface area contributed by atoms with E-state index in [0.717, 1.165) is 4.31 Å². The molecule has 0 unspecified atom stereocenters. The largest absolute Gasteiger partial charge is 0.508 e. The van der Waals surface area contributed by atoms with Gasteiger partial charge >= 0.3 is 5.97 Å². The summed E-state index contributed by atoms with van der Waals surface area (Å²) in [6.45, 7) is 1.08. The van der Waals surface area contributed by atoms with E-state index in [4.69, 9.17) is 16.3 Å². The van der Waals surface area contributed by atoms with Crippen LogP contribution in [0.1, 0.15) is 15.9 Å². The Morgan fingerprint density at radius 1 is 1.18 bits per heavy atom. The third-order valence-electron chi connectivity index (χ3n) is 3.75. The van der Waals surface area contributed by atoms with Crippen LogP contribution in [0.3, 0.4) is 0 Å². The Morgan fingerprint density at radius 3 is 2.46 bits per heavy atom. The molecule has 0 radical (unpaired) electrons. The molecule has 0 aliphatic heterocycles. The first-order chi connectivity index (χ1) is 13.0. The second kappa shape index (κ2) is 8.59. The highest BCUT2D eigenvalue weighted by atomic mass is 35.5. The molecule has 1 amide bonds. The minimum atomic E-state index is -3.79. The lowest BCUT2D eigenvalue weighted by molar-refractivity contribution is -0.119. The van der Waals surface area contributed by atoms with Crippen molar-refractivity contribution in [1.29, 1.82) is 0 Å². The summed E-state index contributed by atoms with van der Waals surface area (Å²) in [7, 11) is -1.07. The number of benzene rings is 2. The van der Waals surface area contributed by atoms with Crippen LogP contribution < -0.4 is 5.32 Å². The Bertz CT molecular complexity index is 1020. The van der Waals surface area contributed by atoms with Crippen LogP contribution >= 0.6 is 11.6 Å². The summed E-state index contributed by atoms with van der Waals surface area (Å²) in [6, 6.07) is 8.24. The highest BCUT2D eigenvalue weighted by molar-refractivity contribution is 7.89. The van der Waals surface area contributed by atoms with Gasteiger partial charge in [0.05, 0.1) is 10.6 Å². The number of carbonyl (C=O) groups is 2. The van der Waals surface area contributed by atoms with Gasteiger partial charge in [-0.2, -0.15) is 0 Å². The molecule has 0 aliphatic rings. The first-order valence-corrected chi connectivity index (χ1v) is 9.83. The number of halogens is 1. The van der Waals surface area contributed by atoms with Crippen LogP contribution in [0.2, 0.25) is 5.02 Å². The molecule has 0 saturated carbocycles. The van der Waals surface area contributed by atoms with Gasteiger partial charge in [-0.05, 0) is 42.8 Å². The summed E-state index contributed by atoms with van der Waals surface area (Å²) in [5.41, 5.74) is 0.876. The van der Waals surface area contributed by atoms with Gasteiger partial charge in [-0.25, -0.2) is 17.5 Å². The van der Waals surface area contributed by atoms with E-state index >= 15 is 0 Å². The van der Waals surface area contributed by atoms with Gasteiger partial charge in [0.25, 0.3) is 5.91 Å². The summed E-state index contributed by atoms with van der Waals surface area (Å²) < 4.78 is 30.4. The lowest BCUT2D eigenvalue weighted by Gasteiger charge is -2.14. The Labute approximate surface area is 167 Å². The molecule has 0 aliphatic carbocycles. The van der Waals surface area contributed by atoms with Crippen molar-refractivity contribution in [2.24, 2.45) is 0 Å². The minimum Gasteiger partial charge on any atom is -0.508 e. The number of ether oxygens (including phenoxy) is 1. The summed E-state index contributed by atoms with van der Waals surface area (Å²) in [6.07, 6.45) is 0. The first kappa shape index (κ1) is 21.7. The van der Waals surface area contributed by atoms with Crippen LogP contribution in [0.4, 0.5) is 5.69 Å². The van der Waals surface area contributed by atoms with Gasteiger partial charge in [-0.15, -0.1) is 0 Å². The molecule has 2 N–H and O–H groups in total. The maximum absolute atomic E-state index is 12.3. The Kier molecular flexibility index (Phi) is 6.65. The third kappa shape index (κ3) is 5.00. The molecule has 10 heteroatoms. The minimum absolute atomic E-state index is 0.0114. The standard InChI is InChI=1S/C18H19ClN2O6S/c1-11-4-5-12(8-15(11)22)18(24)27-10-17(23)20-13-6-7-14(19)16(9-13)28(25,26)21(2)3/h4-9,22H,10H2,1-3H3,(H,20,23). The lowest BCUT2D eigenvalue weighted by Crippen LogP contribution is -2.23. The van der Waals surface area contributed by atoms with Gasteiger partial charge in [0.1, 0.15) is 10.6 Å². The molecule has 28 heavy (non-hydrogen) atoms. The van der Waals surface area contributed by atoms with E-state index in [0.29, 0.717) is 5.56 Å². The number of amides is 1. The first-order valence-electron chi connectivity index (χ1n) is 8.01. The number of sulfonamides is 1. The van der Waals surface area contributed by atoms with Crippen molar-refractivity contribution >= 4 is 39.2 Å². The molecular weight excluding hydrogens is 408 g/mol. The molecule has 2 aromatic rings. The fraction of sp³-hybridized carbons (Fsp3) is 0.222. The summed E-state index contributed by atoms with van der Waals surface area (Å²) in [4.78, 5) is 23.8. The number of aromatic hydroxyl groups is 1. The Morgan fingerprint density at radius 2 is 1.86 bits per heavy atom. The number of aryl methyl sites for hydroxylation is 1. The number of anilines is 1. The van der Waals surface area contributed by atoms with Crippen molar-refractivity contribution in [2.75, 3.05) is 26.0 Å². The van der Waals surface area contributed by atoms with E-state index in [9.17, 15) is 23.1 Å². The number of phenols is 1. The van der Waals surface area contributed by atoms with Crippen LogP contribution in [0.5, 0.6) is 5.75 Å². The van der Waals surface area contributed by atoms with Crippen molar-refractivity contribution in [3.05, 3.63) is 52.5 Å². The second-order valence-electron chi connectivity index (χ2n) is 6.06. The van der Waals surface area contributed by atoms with Gasteiger partial charge in [0.15, 0.2) is 6.61 Å². The van der Waals surface area contributed by atoms with Crippen molar-refractivity contribution in [3.8, 4) is 5.75 Å². The molecule has 0 spiro atoms. The van der Waals surface area contributed by atoms with Gasteiger partial charge in [0.2, 0.25) is 10.0 Å². The molecule has 150 valence electrons. The number of nitrogens with zero attached hydrogens (tertiary/aromatic N) is 1. The van der Waals surface area contributed by atoms with Gasteiger partial charge in [-0.1, -0.05) is 17.7 Å². The van der Waals surface area contributed by atoms with Crippen molar-refractivity contribution in [3.63, 3.8) is 0 Å². The molecule has 0 heterocycles. The topological polar surface area (TPSA) is 113 Å². The second-order valence-corrected chi connectivity index (χ2v) is 8.59. The molecule has 0 saturated heterocycles. The van der Waals surface area contributed by atoms with E-state index in [1.165, 1.54) is 44.4 Å².